The van der Waals surface area contributed by atoms with E-state index < -0.39 is 0 Å². The fourth-order valence-electron chi connectivity index (χ4n) is 5.63. The van der Waals surface area contributed by atoms with Gasteiger partial charge >= 0.3 is 0 Å². The van der Waals surface area contributed by atoms with Crippen LogP contribution in [0.2, 0.25) is 5.02 Å². The average molecular weight is 730 g/mol. The number of nitrogens with zero attached hydrogens (tertiary/aromatic N) is 3. The van der Waals surface area contributed by atoms with Gasteiger partial charge in [0.2, 0.25) is 0 Å². The SMILES string of the molecule is CCCc1cc(CCC)c(N=Cc2cc(Cl)cc(C=Nc3c(CCC)cc(CCC)cc3CCC)n2)c(CCC)c1.[Cl-].[Cl-].[Cl-].[V]. The normalized spacial score (nSPS) is 10.7. The van der Waals surface area contributed by atoms with Crippen LogP contribution in [0, 0.1) is 0 Å². The summed E-state index contributed by atoms with van der Waals surface area (Å²) in [7, 11) is 0. The molecule has 0 atom stereocenters. The number of rotatable bonds is 16. The fourth-order valence-corrected chi connectivity index (χ4v) is 5.86. The van der Waals surface area contributed by atoms with Crippen molar-refractivity contribution in [3.63, 3.8) is 0 Å². The van der Waals surface area contributed by atoms with E-state index in [9.17, 15) is 0 Å². The molecule has 3 aromatic rings. The first-order valence-corrected chi connectivity index (χ1v) is 16.4. The first-order valence-electron chi connectivity index (χ1n) is 16.0. The molecular weight excluding hydrogens is 679 g/mol. The smallest absolute Gasteiger partial charge is 0.0835 e. The minimum atomic E-state index is 0. The van der Waals surface area contributed by atoms with E-state index in [4.69, 9.17) is 26.6 Å². The summed E-state index contributed by atoms with van der Waals surface area (Å²) < 4.78 is 0. The second-order valence-electron chi connectivity index (χ2n) is 11.2. The third-order valence-electron chi connectivity index (χ3n) is 7.29. The Bertz CT molecular complexity index is 1190. The largest absolute Gasteiger partial charge is 1.00 e. The summed E-state index contributed by atoms with van der Waals surface area (Å²) in [6.07, 6.45) is 16.8. The van der Waals surface area contributed by atoms with Gasteiger partial charge in [-0.2, -0.15) is 0 Å². The number of hydrogen-bond acceptors (Lipinski definition) is 3. The predicted molar refractivity (Wildman–Crippen MR) is 181 cm³/mol. The first-order chi connectivity index (χ1) is 20.0. The molecule has 0 fully saturated rings. The fraction of sp³-hybridized carbons (Fsp3) is 0.486. The van der Waals surface area contributed by atoms with Crippen molar-refractivity contribution in [2.75, 3.05) is 0 Å². The summed E-state index contributed by atoms with van der Waals surface area (Å²) in [5.41, 5.74) is 11.9. The van der Waals surface area contributed by atoms with Gasteiger partial charge in [0.1, 0.15) is 0 Å². The Kier molecular flexibility index (Phi) is 25.2. The van der Waals surface area contributed by atoms with Crippen molar-refractivity contribution in [3.8, 4) is 0 Å². The van der Waals surface area contributed by atoms with Crippen molar-refractivity contribution in [1.29, 1.82) is 0 Å². The van der Waals surface area contributed by atoms with Crippen LogP contribution in [0.3, 0.4) is 0 Å². The van der Waals surface area contributed by atoms with Crippen LogP contribution in [0.5, 0.6) is 0 Å². The molecule has 1 radical (unpaired) electrons. The van der Waals surface area contributed by atoms with Crippen LogP contribution in [0.15, 0.2) is 46.4 Å². The molecule has 0 bridgehead atoms. The first kappa shape index (κ1) is 45.8. The predicted octanol–water partition coefficient (Wildman–Crippen LogP) is 1.96. The molecule has 0 saturated carbocycles. The maximum absolute atomic E-state index is 6.59. The Morgan fingerprint density at radius 2 is 0.800 bits per heavy atom. The Hall–Kier alpha value is -1.33. The molecule has 0 aliphatic carbocycles. The second-order valence-corrected chi connectivity index (χ2v) is 11.6. The van der Waals surface area contributed by atoms with Gasteiger partial charge in [0.05, 0.1) is 35.2 Å². The van der Waals surface area contributed by atoms with Crippen LogP contribution in [-0.4, -0.2) is 17.4 Å². The van der Waals surface area contributed by atoms with Crippen molar-refractivity contribution in [3.05, 3.63) is 86.2 Å². The average Bonchev–Trinajstić information content (AvgIpc) is 2.93. The molecule has 249 valence electrons. The van der Waals surface area contributed by atoms with Gasteiger partial charge in [-0.05, 0) is 84.0 Å². The molecule has 2 aromatic carbocycles. The number of benzene rings is 2. The van der Waals surface area contributed by atoms with Crippen LogP contribution < -0.4 is 37.2 Å². The van der Waals surface area contributed by atoms with Crippen molar-refractivity contribution in [1.82, 2.24) is 4.98 Å². The van der Waals surface area contributed by atoms with E-state index in [0.717, 1.165) is 99.8 Å². The minimum Gasteiger partial charge on any atom is -1.00 e. The van der Waals surface area contributed by atoms with Gasteiger partial charge in [-0.25, -0.2) is 4.98 Å². The molecule has 8 heteroatoms. The molecule has 3 rings (SSSR count). The third kappa shape index (κ3) is 14.1. The van der Waals surface area contributed by atoms with Gasteiger partial charge in [0, 0.05) is 23.6 Å². The molecule has 45 heavy (non-hydrogen) atoms. The van der Waals surface area contributed by atoms with E-state index in [1.807, 2.05) is 24.6 Å². The molecule has 0 aliphatic rings. The molecule has 1 heterocycles. The van der Waals surface area contributed by atoms with Gasteiger partial charge in [-0.15, -0.1) is 0 Å². The molecule has 3 nitrogen and oxygen atoms in total. The van der Waals surface area contributed by atoms with Gasteiger partial charge in [-0.1, -0.05) is 116 Å². The number of halogens is 4. The van der Waals surface area contributed by atoms with E-state index in [1.54, 1.807) is 0 Å². The van der Waals surface area contributed by atoms with E-state index in [0.29, 0.717) is 5.02 Å². The molecule has 0 spiro atoms. The maximum atomic E-state index is 6.59. The molecular formula is C37H50Cl4N3V-3. The summed E-state index contributed by atoms with van der Waals surface area (Å²) in [5.74, 6) is 0. The monoisotopic (exact) mass is 727 g/mol. The molecule has 0 saturated heterocycles. The van der Waals surface area contributed by atoms with Crippen molar-refractivity contribution < 1.29 is 55.8 Å². The molecule has 0 aliphatic heterocycles. The Morgan fingerprint density at radius 3 is 1.07 bits per heavy atom. The van der Waals surface area contributed by atoms with E-state index in [1.165, 1.54) is 33.4 Å². The van der Waals surface area contributed by atoms with Crippen molar-refractivity contribution >= 4 is 35.4 Å². The summed E-state index contributed by atoms with van der Waals surface area (Å²) in [5, 5.41) is 0.643. The molecule has 0 amide bonds. The van der Waals surface area contributed by atoms with Gasteiger partial charge in [0.15, 0.2) is 0 Å². The zero-order valence-corrected chi connectivity index (χ0v) is 32.3. The topological polar surface area (TPSA) is 37.6 Å². The number of pyridine rings is 1. The second kappa shape index (κ2) is 24.8. The van der Waals surface area contributed by atoms with Crippen LogP contribution in [0.25, 0.3) is 0 Å². The molecule has 0 N–H and O–H groups in total. The van der Waals surface area contributed by atoms with Gasteiger partial charge < -0.3 is 37.2 Å². The standard InChI is InChI=1S/C37H50ClN3.3ClH.V/c1-7-13-27-19-29(15-9-3)36(30(20-27)16-10-4)39-25-34-23-33(38)24-35(41-34)26-40-37-31(17-11-5)21-28(14-8-2)22-32(37)18-12-6;;;;/h19-26H,7-18H2,1-6H3;3*1H;/p-3. The van der Waals surface area contributed by atoms with Crippen LogP contribution in [0.4, 0.5) is 11.4 Å². The third-order valence-corrected chi connectivity index (χ3v) is 7.51. The number of aromatic nitrogens is 1. The minimum absolute atomic E-state index is 0. The quantitative estimate of drug-likeness (QED) is 0.208. The van der Waals surface area contributed by atoms with Crippen molar-refractivity contribution in [2.45, 2.75) is 119 Å². The number of aryl methyl sites for hydroxylation is 6. The Labute approximate surface area is 309 Å². The maximum Gasteiger partial charge on any atom is 0.0835 e. The van der Waals surface area contributed by atoms with E-state index in [2.05, 4.69) is 65.8 Å². The van der Waals surface area contributed by atoms with Crippen LogP contribution >= 0.6 is 11.6 Å². The van der Waals surface area contributed by atoms with Crippen molar-refractivity contribution in [2.24, 2.45) is 9.98 Å². The molecule has 0 unspecified atom stereocenters. The molecule has 1 aromatic heterocycles. The number of aliphatic imine (C=N–C) groups is 2. The van der Waals surface area contributed by atoms with Crippen LogP contribution in [-0.2, 0) is 57.1 Å². The van der Waals surface area contributed by atoms with Gasteiger partial charge in [-0.3, -0.25) is 9.98 Å². The van der Waals surface area contributed by atoms with Gasteiger partial charge in [0.25, 0.3) is 0 Å². The Balaban J connectivity index is 0. The summed E-state index contributed by atoms with van der Waals surface area (Å²) in [6, 6.07) is 13.2. The summed E-state index contributed by atoms with van der Waals surface area (Å²) >= 11 is 6.59. The van der Waals surface area contributed by atoms with Crippen LogP contribution in [0.1, 0.15) is 125 Å². The summed E-state index contributed by atoms with van der Waals surface area (Å²) in [6.45, 7) is 13.4. The summed E-state index contributed by atoms with van der Waals surface area (Å²) in [4.78, 5) is 14.9. The zero-order chi connectivity index (χ0) is 29.6. The van der Waals surface area contributed by atoms with E-state index >= 15 is 0 Å². The van der Waals surface area contributed by atoms with E-state index in [-0.39, 0.29) is 55.8 Å². The Morgan fingerprint density at radius 1 is 0.511 bits per heavy atom. The number of hydrogen-bond donors (Lipinski definition) is 0. The zero-order valence-electron chi connectivity index (χ0n) is 27.9.